The first-order valence-corrected chi connectivity index (χ1v) is 8.77. The molecule has 0 radical (unpaired) electrons. The zero-order valence-electron chi connectivity index (χ0n) is 15.1. The molecule has 1 aliphatic rings. The van der Waals surface area contributed by atoms with Gasteiger partial charge in [-0.3, -0.25) is 9.59 Å². The molecule has 2 aromatic carbocycles. The van der Waals surface area contributed by atoms with Gasteiger partial charge in [-0.1, -0.05) is 48.0 Å². The minimum absolute atomic E-state index is 0.101. The van der Waals surface area contributed by atoms with Crippen molar-refractivity contribution in [3.05, 3.63) is 76.6 Å². The number of aliphatic hydroxyl groups is 1. The summed E-state index contributed by atoms with van der Waals surface area (Å²) in [4.78, 5) is 30.2. The molecule has 138 valence electrons. The van der Waals surface area contributed by atoms with E-state index in [0.717, 1.165) is 11.1 Å². The largest absolute Gasteiger partial charge is 0.391 e. The molecule has 2 aromatic rings. The Balaban J connectivity index is 1.71. The Bertz CT molecular complexity index is 886. The molecule has 6 nitrogen and oxygen atoms in total. The summed E-state index contributed by atoms with van der Waals surface area (Å²) in [6.07, 6.45) is -0.540. The minimum atomic E-state index is -0.742. The molecule has 1 fully saturated rings. The Morgan fingerprint density at radius 3 is 2.70 bits per heavy atom. The van der Waals surface area contributed by atoms with E-state index in [9.17, 15) is 14.7 Å². The molecule has 2 atom stereocenters. The molecule has 1 heterocycles. The fourth-order valence-corrected chi connectivity index (χ4v) is 3.17. The highest BCUT2D eigenvalue weighted by Gasteiger charge is 2.39. The van der Waals surface area contributed by atoms with E-state index in [1.54, 1.807) is 18.2 Å². The standard InChI is InChI=1S/C21H21N3O3/c1-14-6-8-15(9-7-14)12-23-20(26)19-11-18(25)13-24(19)21(27)16-4-3-5-17(10-16)22-2/h3-10,18-19,25H,11-13H2,1H3,(H,23,26)/t18-,19+/m1/s1. The summed E-state index contributed by atoms with van der Waals surface area (Å²) in [5, 5.41) is 12.9. The Morgan fingerprint density at radius 2 is 2.00 bits per heavy atom. The van der Waals surface area contributed by atoms with Gasteiger partial charge >= 0.3 is 0 Å². The molecule has 0 unspecified atom stereocenters. The minimum Gasteiger partial charge on any atom is -0.391 e. The number of carbonyl (C=O) groups excluding carboxylic acids is 2. The maximum atomic E-state index is 12.8. The third kappa shape index (κ3) is 4.33. The molecule has 1 aliphatic heterocycles. The average molecular weight is 363 g/mol. The van der Waals surface area contributed by atoms with Crippen molar-refractivity contribution in [2.24, 2.45) is 0 Å². The molecule has 6 heteroatoms. The van der Waals surface area contributed by atoms with Crippen molar-refractivity contribution in [1.82, 2.24) is 10.2 Å². The molecule has 0 aromatic heterocycles. The van der Waals surface area contributed by atoms with Crippen LogP contribution in [0.1, 0.15) is 27.9 Å². The summed E-state index contributed by atoms with van der Waals surface area (Å²) in [5.74, 6) is -0.644. The zero-order valence-corrected chi connectivity index (χ0v) is 15.1. The van der Waals surface area contributed by atoms with Gasteiger partial charge in [0.05, 0.1) is 12.7 Å². The van der Waals surface area contributed by atoms with E-state index in [-0.39, 0.29) is 24.8 Å². The summed E-state index contributed by atoms with van der Waals surface area (Å²) in [6.45, 7) is 9.53. The van der Waals surface area contributed by atoms with Crippen molar-refractivity contribution in [2.75, 3.05) is 6.54 Å². The third-order valence-corrected chi connectivity index (χ3v) is 4.65. The lowest BCUT2D eigenvalue weighted by Crippen LogP contribution is -2.45. The van der Waals surface area contributed by atoms with Gasteiger partial charge < -0.3 is 15.3 Å². The Labute approximate surface area is 158 Å². The first-order chi connectivity index (χ1) is 13.0. The van der Waals surface area contributed by atoms with Crippen molar-refractivity contribution >= 4 is 17.5 Å². The molecule has 0 spiro atoms. The number of carbonyl (C=O) groups is 2. The number of benzene rings is 2. The Hall–Kier alpha value is -3.17. The van der Waals surface area contributed by atoms with Crippen LogP contribution in [0.15, 0.2) is 48.5 Å². The Kier molecular flexibility index (Phi) is 5.53. The van der Waals surface area contributed by atoms with Gasteiger partial charge in [-0.05, 0) is 18.6 Å². The fraction of sp³-hybridized carbons (Fsp3) is 0.286. The van der Waals surface area contributed by atoms with Gasteiger partial charge in [0.25, 0.3) is 5.91 Å². The van der Waals surface area contributed by atoms with Crippen LogP contribution in [-0.2, 0) is 11.3 Å². The number of nitrogens with one attached hydrogen (secondary N) is 1. The van der Waals surface area contributed by atoms with Crippen LogP contribution >= 0.6 is 0 Å². The topological polar surface area (TPSA) is 74.0 Å². The predicted octanol–water partition coefficient (Wildman–Crippen LogP) is 2.44. The summed E-state index contributed by atoms with van der Waals surface area (Å²) >= 11 is 0. The number of aryl methyl sites for hydroxylation is 1. The van der Waals surface area contributed by atoms with Crippen molar-refractivity contribution in [1.29, 1.82) is 0 Å². The third-order valence-electron chi connectivity index (χ3n) is 4.65. The second kappa shape index (κ2) is 8.02. The van der Waals surface area contributed by atoms with Gasteiger partial charge in [-0.2, -0.15) is 0 Å². The first kappa shape index (κ1) is 18.6. The molecule has 0 bridgehead atoms. The zero-order chi connectivity index (χ0) is 19.4. The van der Waals surface area contributed by atoms with Gasteiger partial charge in [0.2, 0.25) is 5.91 Å². The molecule has 0 saturated carbocycles. The van der Waals surface area contributed by atoms with Gasteiger partial charge in [-0.15, -0.1) is 0 Å². The second-order valence-electron chi connectivity index (χ2n) is 6.73. The predicted molar refractivity (Wildman–Crippen MR) is 101 cm³/mol. The van der Waals surface area contributed by atoms with Crippen LogP contribution in [0.25, 0.3) is 4.85 Å². The highest BCUT2D eigenvalue weighted by Crippen LogP contribution is 2.23. The number of aliphatic hydroxyl groups excluding tert-OH is 1. The highest BCUT2D eigenvalue weighted by molar-refractivity contribution is 5.98. The van der Waals surface area contributed by atoms with Crippen LogP contribution in [0, 0.1) is 13.5 Å². The number of amides is 2. The van der Waals surface area contributed by atoms with E-state index in [0.29, 0.717) is 17.8 Å². The van der Waals surface area contributed by atoms with Gasteiger partial charge in [-0.25, -0.2) is 4.85 Å². The Morgan fingerprint density at radius 1 is 1.26 bits per heavy atom. The van der Waals surface area contributed by atoms with E-state index >= 15 is 0 Å². The van der Waals surface area contributed by atoms with Crippen LogP contribution in [-0.4, -0.2) is 40.5 Å². The fourth-order valence-electron chi connectivity index (χ4n) is 3.17. The van der Waals surface area contributed by atoms with Crippen LogP contribution in [0.4, 0.5) is 5.69 Å². The number of hydrogen-bond donors (Lipinski definition) is 2. The normalized spacial score (nSPS) is 18.8. The lowest BCUT2D eigenvalue weighted by molar-refractivity contribution is -0.125. The van der Waals surface area contributed by atoms with Crippen molar-refractivity contribution in [3.8, 4) is 0 Å². The lowest BCUT2D eigenvalue weighted by atomic mass is 10.1. The maximum Gasteiger partial charge on any atom is 0.253 e. The van der Waals surface area contributed by atoms with E-state index in [2.05, 4.69) is 10.2 Å². The number of hydrogen-bond acceptors (Lipinski definition) is 3. The van der Waals surface area contributed by atoms with E-state index in [4.69, 9.17) is 6.57 Å². The second-order valence-corrected chi connectivity index (χ2v) is 6.73. The van der Waals surface area contributed by atoms with E-state index < -0.39 is 12.1 Å². The summed E-state index contributed by atoms with van der Waals surface area (Å²) in [5.41, 5.74) is 2.81. The van der Waals surface area contributed by atoms with Crippen molar-refractivity contribution < 1.29 is 14.7 Å². The quantitative estimate of drug-likeness (QED) is 0.820. The van der Waals surface area contributed by atoms with Crippen LogP contribution in [0.3, 0.4) is 0 Å². The molecular weight excluding hydrogens is 342 g/mol. The highest BCUT2D eigenvalue weighted by atomic mass is 16.3. The van der Waals surface area contributed by atoms with Crippen LogP contribution in [0.2, 0.25) is 0 Å². The molecule has 2 amide bonds. The van der Waals surface area contributed by atoms with Crippen LogP contribution in [0.5, 0.6) is 0 Å². The first-order valence-electron chi connectivity index (χ1n) is 8.77. The molecule has 1 saturated heterocycles. The van der Waals surface area contributed by atoms with Gasteiger partial charge in [0.1, 0.15) is 6.04 Å². The molecule has 27 heavy (non-hydrogen) atoms. The maximum absolute atomic E-state index is 12.8. The SMILES string of the molecule is [C-]#[N+]c1cccc(C(=O)N2C[C@H](O)C[C@H]2C(=O)NCc2ccc(C)cc2)c1. The van der Waals surface area contributed by atoms with E-state index in [1.165, 1.54) is 11.0 Å². The van der Waals surface area contributed by atoms with Crippen molar-refractivity contribution in [3.63, 3.8) is 0 Å². The van der Waals surface area contributed by atoms with E-state index in [1.807, 2.05) is 31.2 Å². The average Bonchev–Trinajstić information content (AvgIpc) is 3.08. The summed E-state index contributed by atoms with van der Waals surface area (Å²) in [7, 11) is 0. The number of likely N-dealkylation sites (tertiary alicyclic amines) is 1. The van der Waals surface area contributed by atoms with Crippen LogP contribution < -0.4 is 5.32 Å². The van der Waals surface area contributed by atoms with Crippen molar-refractivity contribution in [2.45, 2.75) is 32.0 Å². The summed E-state index contributed by atoms with van der Waals surface area (Å²) in [6, 6.07) is 13.5. The molecule has 0 aliphatic carbocycles. The number of rotatable bonds is 4. The molecular formula is C21H21N3O3. The van der Waals surface area contributed by atoms with Gasteiger partial charge in [0, 0.05) is 25.1 Å². The number of β-amino-alcohol motifs (C(OH)–C–C–N with tert-alkyl or cyclic N) is 1. The smallest absolute Gasteiger partial charge is 0.253 e. The number of nitrogens with zero attached hydrogens (tertiary/aromatic N) is 2. The van der Waals surface area contributed by atoms with Gasteiger partial charge in [0.15, 0.2) is 5.69 Å². The monoisotopic (exact) mass is 363 g/mol. The molecule has 3 rings (SSSR count). The summed E-state index contributed by atoms with van der Waals surface area (Å²) < 4.78 is 0. The molecule has 2 N–H and O–H groups in total. The lowest BCUT2D eigenvalue weighted by Gasteiger charge is -2.24.